The summed E-state index contributed by atoms with van der Waals surface area (Å²) in [7, 11) is 1.57. The monoisotopic (exact) mass is 325 g/mol. The zero-order chi connectivity index (χ0) is 17.1. The van der Waals surface area contributed by atoms with Crippen molar-refractivity contribution >= 4 is 23.8 Å². The van der Waals surface area contributed by atoms with E-state index in [9.17, 15) is 4.79 Å². The zero-order valence-electron chi connectivity index (χ0n) is 14.0. The number of benzene rings is 1. The molecule has 1 N–H and O–H groups in total. The van der Waals surface area contributed by atoms with Crippen LogP contribution in [-0.4, -0.2) is 18.7 Å². The highest BCUT2D eigenvalue weighted by molar-refractivity contribution is 6.31. The molecule has 1 unspecified atom stereocenters. The van der Waals surface area contributed by atoms with Crippen LogP contribution >= 0.6 is 11.6 Å². The van der Waals surface area contributed by atoms with Gasteiger partial charge in [-0.25, -0.2) is 4.79 Å². The van der Waals surface area contributed by atoms with Crippen LogP contribution in [0.3, 0.4) is 0 Å². The molecule has 0 aliphatic rings. The van der Waals surface area contributed by atoms with E-state index in [2.05, 4.69) is 11.9 Å². The Hall–Kier alpha value is -1.68. The normalized spacial score (nSPS) is 12.5. The molecule has 4 nitrogen and oxygen atoms in total. The zero-order valence-corrected chi connectivity index (χ0v) is 14.8. The Bertz CT molecular complexity index is 576. The van der Waals surface area contributed by atoms with E-state index in [1.807, 2.05) is 27.7 Å². The number of carbonyl (C=O) groups is 1. The highest BCUT2D eigenvalue weighted by Crippen LogP contribution is 2.37. The van der Waals surface area contributed by atoms with E-state index in [0.717, 1.165) is 11.1 Å². The van der Waals surface area contributed by atoms with Gasteiger partial charge in [-0.2, -0.15) is 0 Å². The van der Waals surface area contributed by atoms with Crippen molar-refractivity contribution in [2.75, 3.05) is 7.11 Å². The number of carbonyl (C=O) groups excluding carboxylic acids is 1. The summed E-state index contributed by atoms with van der Waals surface area (Å²) in [5, 5.41) is 3.34. The number of ether oxygens (including phenoxy) is 2. The second kappa shape index (κ2) is 7.05. The SMILES string of the molecule is C=Cc1c(C)c(Cl)cc(C(C)OC(=O)NC(C)(C)C)c1OC. The standard InChI is InChI=1S/C17H24ClNO3/c1-8-12-10(2)14(18)9-13(15(12)21-7)11(3)22-16(20)19-17(4,5)6/h8-9,11H,1H2,2-7H3,(H,19,20). The van der Waals surface area contributed by atoms with Gasteiger partial charge < -0.3 is 14.8 Å². The molecule has 1 amide bonds. The van der Waals surface area contributed by atoms with Crippen LogP contribution in [-0.2, 0) is 4.74 Å². The molecule has 0 heterocycles. The highest BCUT2D eigenvalue weighted by atomic mass is 35.5. The van der Waals surface area contributed by atoms with E-state index >= 15 is 0 Å². The van der Waals surface area contributed by atoms with Crippen molar-refractivity contribution in [2.24, 2.45) is 0 Å². The van der Waals surface area contributed by atoms with Crippen molar-refractivity contribution in [3.63, 3.8) is 0 Å². The molecule has 122 valence electrons. The van der Waals surface area contributed by atoms with Crippen LogP contribution in [0.25, 0.3) is 6.08 Å². The molecule has 1 aromatic carbocycles. The van der Waals surface area contributed by atoms with Crippen LogP contribution in [0.5, 0.6) is 5.75 Å². The summed E-state index contributed by atoms with van der Waals surface area (Å²) < 4.78 is 10.9. The number of alkyl carbamates (subject to hydrolysis) is 1. The fourth-order valence-electron chi connectivity index (χ4n) is 2.10. The molecule has 0 fully saturated rings. The quantitative estimate of drug-likeness (QED) is 0.857. The molecule has 1 atom stereocenters. The summed E-state index contributed by atoms with van der Waals surface area (Å²) in [6.07, 6.45) is 0.693. The van der Waals surface area contributed by atoms with E-state index < -0.39 is 12.2 Å². The topological polar surface area (TPSA) is 47.6 Å². The first-order chi connectivity index (χ1) is 10.1. The van der Waals surface area contributed by atoms with Gasteiger partial charge >= 0.3 is 6.09 Å². The lowest BCUT2D eigenvalue weighted by Gasteiger charge is -2.24. The number of halogens is 1. The summed E-state index contributed by atoms with van der Waals surface area (Å²) in [5.41, 5.74) is 2.02. The Balaban J connectivity index is 3.13. The van der Waals surface area contributed by atoms with E-state index in [4.69, 9.17) is 21.1 Å². The fourth-order valence-corrected chi connectivity index (χ4v) is 2.32. The largest absolute Gasteiger partial charge is 0.496 e. The van der Waals surface area contributed by atoms with Crippen LogP contribution in [0, 0.1) is 6.92 Å². The van der Waals surface area contributed by atoms with Gasteiger partial charge in [0.2, 0.25) is 0 Å². The fraction of sp³-hybridized carbons (Fsp3) is 0.471. The smallest absolute Gasteiger partial charge is 0.408 e. The van der Waals surface area contributed by atoms with Gasteiger partial charge in [0.15, 0.2) is 0 Å². The van der Waals surface area contributed by atoms with Gasteiger partial charge in [-0.15, -0.1) is 0 Å². The predicted octanol–water partition coefficient (Wildman–Crippen LogP) is 4.89. The van der Waals surface area contributed by atoms with Gasteiger partial charge in [-0.1, -0.05) is 24.3 Å². The van der Waals surface area contributed by atoms with Crippen LogP contribution in [0.1, 0.15) is 50.5 Å². The van der Waals surface area contributed by atoms with Gasteiger partial charge in [-0.05, 0) is 46.2 Å². The first kappa shape index (κ1) is 18.4. The lowest BCUT2D eigenvalue weighted by Crippen LogP contribution is -2.41. The van der Waals surface area contributed by atoms with Crippen LogP contribution in [0.4, 0.5) is 4.79 Å². The van der Waals surface area contributed by atoms with Gasteiger partial charge in [0.1, 0.15) is 11.9 Å². The van der Waals surface area contributed by atoms with Crippen molar-refractivity contribution in [3.05, 3.63) is 34.4 Å². The number of hydrogen-bond donors (Lipinski definition) is 1. The van der Waals surface area contributed by atoms with E-state index in [1.165, 1.54) is 0 Å². The average molecular weight is 326 g/mol. The molecule has 0 saturated heterocycles. The van der Waals surface area contributed by atoms with Crippen molar-refractivity contribution in [1.29, 1.82) is 0 Å². The van der Waals surface area contributed by atoms with Gasteiger partial charge in [0.05, 0.1) is 7.11 Å². The minimum absolute atomic E-state index is 0.363. The summed E-state index contributed by atoms with van der Waals surface area (Å²) in [6, 6.07) is 1.76. The second-order valence-corrected chi connectivity index (χ2v) is 6.55. The molecule has 5 heteroatoms. The third-order valence-electron chi connectivity index (χ3n) is 3.16. The summed E-state index contributed by atoms with van der Waals surface area (Å²) in [5.74, 6) is 0.618. The van der Waals surface area contributed by atoms with E-state index in [1.54, 1.807) is 26.2 Å². The molecule has 0 bridgehead atoms. The Labute approximate surface area is 137 Å². The molecule has 0 aromatic heterocycles. The summed E-state index contributed by atoms with van der Waals surface area (Å²) in [4.78, 5) is 11.9. The second-order valence-electron chi connectivity index (χ2n) is 6.15. The van der Waals surface area contributed by atoms with Gasteiger partial charge in [-0.3, -0.25) is 0 Å². The van der Waals surface area contributed by atoms with Crippen molar-refractivity contribution in [3.8, 4) is 5.75 Å². The van der Waals surface area contributed by atoms with Crippen LogP contribution in [0.15, 0.2) is 12.6 Å². The molecule has 22 heavy (non-hydrogen) atoms. The Morgan fingerprint density at radius 3 is 2.50 bits per heavy atom. The number of amides is 1. The molecule has 0 spiro atoms. The average Bonchev–Trinajstić information content (AvgIpc) is 2.38. The molecule has 0 radical (unpaired) electrons. The summed E-state index contributed by atoms with van der Waals surface area (Å²) >= 11 is 6.25. The molecule has 1 aromatic rings. The minimum Gasteiger partial charge on any atom is -0.496 e. The summed E-state index contributed by atoms with van der Waals surface area (Å²) in [6.45, 7) is 13.1. The molecule has 1 rings (SSSR count). The first-order valence-electron chi connectivity index (χ1n) is 7.09. The minimum atomic E-state index is -0.505. The molecule has 0 saturated carbocycles. The lowest BCUT2D eigenvalue weighted by atomic mass is 10.00. The van der Waals surface area contributed by atoms with Gasteiger partial charge in [0, 0.05) is 21.7 Å². The number of hydrogen-bond acceptors (Lipinski definition) is 3. The number of methoxy groups -OCH3 is 1. The molecular weight excluding hydrogens is 302 g/mol. The number of nitrogens with one attached hydrogen (secondary N) is 1. The molecular formula is C17H24ClNO3. The molecule has 0 aliphatic carbocycles. The van der Waals surface area contributed by atoms with Crippen molar-refractivity contribution in [1.82, 2.24) is 5.32 Å². The third-order valence-corrected chi connectivity index (χ3v) is 3.55. The maximum atomic E-state index is 11.9. The Morgan fingerprint density at radius 1 is 1.45 bits per heavy atom. The maximum Gasteiger partial charge on any atom is 0.408 e. The van der Waals surface area contributed by atoms with Crippen molar-refractivity contribution < 1.29 is 14.3 Å². The van der Waals surface area contributed by atoms with Gasteiger partial charge in [0.25, 0.3) is 0 Å². The molecule has 0 aliphatic heterocycles. The van der Waals surface area contributed by atoms with Crippen molar-refractivity contribution in [2.45, 2.75) is 46.3 Å². The van der Waals surface area contributed by atoms with Crippen LogP contribution < -0.4 is 10.1 Å². The maximum absolute atomic E-state index is 11.9. The Morgan fingerprint density at radius 2 is 2.05 bits per heavy atom. The van der Waals surface area contributed by atoms with E-state index in [0.29, 0.717) is 16.3 Å². The Kier molecular flexibility index (Phi) is 5.89. The van der Waals surface area contributed by atoms with Crippen LogP contribution in [0.2, 0.25) is 5.02 Å². The predicted molar refractivity (Wildman–Crippen MR) is 90.6 cm³/mol. The van der Waals surface area contributed by atoms with E-state index in [-0.39, 0.29) is 5.54 Å². The highest BCUT2D eigenvalue weighted by Gasteiger charge is 2.22. The third kappa shape index (κ3) is 4.41. The number of rotatable bonds is 4. The lowest BCUT2D eigenvalue weighted by molar-refractivity contribution is 0.0987. The first-order valence-corrected chi connectivity index (χ1v) is 7.46.